The molecule has 0 aromatic heterocycles. The maximum Gasteiger partial charge on any atom is 0.165 e. The van der Waals surface area contributed by atoms with Crippen LogP contribution >= 0.6 is 0 Å². The Balaban J connectivity index is 1.89. The van der Waals surface area contributed by atoms with E-state index in [4.69, 9.17) is 4.74 Å². The first-order chi connectivity index (χ1) is 11.5. The Kier molecular flexibility index (Phi) is 3.59. The highest BCUT2D eigenvalue weighted by Gasteiger charge is 2.61. The molecule has 128 valence electrons. The van der Waals surface area contributed by atoms with Crippen LogP contribution in [-0.4, -0.2) is 41.3 Å². The lowest BCUT2D eigenvalue weighted by molar-refractivity contribution is -0.0404. The number of aliphatic hydroxyl groups excluding tert-OH is 1. The molecule has 24 heavy (non-hydrogen) atoms. The number of ether oxygens (including phenoxy) is 1. The number of hydrogen-bond acceptors (Lipinski definition) is 3. The van der Waals surface area contributed by atoms with Crippen molar-refractivity contribution in [3.8, 4) is 5.75 Å². The molecule has 1 aromatic rings. The predicted molar refractivity (Wildman–Crippen MR) is 91.7 cm³/mol. The van der Waals surface area contributed by atoms with E-state index in [1.807, 2.05) is 25.1 Å². The fourth-order valence-electron chi connectivity index (χ4n) is 5.17. The van der Waals surface area contributed by atoms with E-state index >= 15 is 0 Å². The first-order valence-electron chi connectivity index (χ1n) is 8.68. The summed E-state index contributed by atoms with van der Waals surface area (Å²) in [6.45, 7) is 9.81. The van der Waals surface area contributed by atoms with Gasteiger partial charge in [0.25, 0.3) is 0 Å². The van der Waals surface area contributed by atoms with Crippen LogP contribution in [0.1, 0.15) is 24.5 Å². The highest BCUT2D eigenvalue weighted by molar-refractivity contribution is 5.54. The van der Waals surface area contributed by atoms with Crippen LogP contribution in [0.5, 0.6) is 5.75 Å². The number of aryl methyl sites for hydroxylation is 1. The van der Waals surface area contributed by atoms with Gasteiger partial charge in [0, 0.05) is 29.5 Å². The minimum absolute atomic E-state index is 0.182. The zero-order valence-corrected chi connectivity index (χ0v) is 14.2. The van der Waals surface area contributed by atoms with E-state index in [1.54, 1.807) is 0 Å². The lowest BCUT2D eigenvalue weighted by Crippen LogP contribution is -2.62. The Morgan fingerprint density at radius 3 is 3.00 bits per heavy atom. The monoisotopic (exact) mass is 329 g/mol. The van der Waals surface area contributed by atoms with Crippen LogP contribution < -0.4 is 4.74 Å². The third kappa shape index (κ3) is 1.90. The molecule has 4 rings (SSSR count). The fraction of sp³-hybridized carbons (Fsp3) is 0.500. The molecular formula is C20H24FNO2. The van der Waals surface area contributed by atoms with E-state index in [0.717, 1.165) is 30.6 Å². The van der Waals surface area contributed by atoms with Crippen molar-refractivity contribution in [2.75, 3.05) is 13.1 Å². The largest absolute Gasteiger partial charge is 0.483 e. The number of piperidine rings is 1. The van der Waals surface area contributed by atoms with Crippen LogP contribution in [0.25, 0.3) is 0 Å². The second-order valence-corrected chi connectivity index (χ2v) is 7.32. The van der Waals surface area contributed by atoms with Gasteiger partial charge in [0.15, 0.2) is 11.6 Å². The summed E-state index contributed by atoms with van der Waals surface area (Å²) in [6.07, 6.45) is 5.60. The summed E-state index contributed by atoms with van der Waals surface area (Å²) >= 11 is 0. The van der Waals surface area contributed by atoms with Gasteiger partial charge >= 0.3 is 0 Å². The number of hydrogen-bond donors (Lipinski definition) is 1. The average Bonchev–Trinajstić information content (AvgIpc) is 2.92. The SMILES string of the molecule is C=CCN1CC[C@]23c4c(C)ccc(F)c4O[C@H]2[C@@H](O)C=C[C@H]3[C@H]1C. The van der Waals surface area contributed by atoms with Crippen molar-refractivity contribution >= 4 is 0 Å². The highest BCUT2D eigenvalue weighted by Crippen LogP contribution is 2.58. The van der Waals surface area contributed by atoms with Gasteiger partial charge in [-0.15, -0.1) is 6.58 Å². The number of halogens is 1. The molecule has 0 unspecified atom stereocenters. The van der Waals surface area contributed by atoms with Gasteiger partial charge in [-0.2, -0.15) is 0 Å². The quantitative estimate of drug-likeness (QED) is 0.847. The normalized spacial score (nSPS) is 37.3. The van der Waals surface area contributed by atoms with Crippen molar-refractivity contribution in [3.05, 3.63) is 53.9 Å². The summed E-state index contributed by atoms with van der Waals surface area (Å²) in [5, 5.41) is 10.6. The van der Waals surface area contributed by atoms with Crippen LogP contribution in [-0.2, 0) is 5.41 Å². The van der Waals surface area contributed by atoms with Gasteiger partial charge in [-0.05, 0) is 38.4 Å². The molecule has 1 fully saturated rings. The molecule has 1 saturated heterocycles. The van der Waals surface area contributed by atoms with Gasteiger partial charge < -0.3 is 9.84 Å². The van der Waals surface area contributed by atoms with Crippen LogP contribution in [0.15, 0.2) is 36.9 Å². The van der Waals surface area contributed by atoms with Crippen molar-refractivity contribution in [2.24, 2.45) is 5.92 Å². The summed E-state index contributed by atoms with van der Waals surface area (Å²) in [6, 6.07) is 3.57. The molecule has 0 amide bonds. The Morgan fingerprint density at radius 1 is 1.46 bits per heavy atom. The lowest BCUT2D eigenvalue weighted by atomic mass is 9.57. The van der Waals surface area contributed by atoms with Crippen LogP contribution in [0.3, 0.4) is 0 Å². The predicted octanol–water partition coefficient (Wildman–Crippen LogP) is 2.96. The maximum absolute atomic E-state index is 14.4. The Labute approximate surface area is 142 Å². The zero-order valence-electron chi connectivity index (χ0n) is 14.2. The number of likely N-dealkylation sites (tertiary alicyclic amines) is 1. The molecule has 1 aromatic carbocycles. The molecule has 4 heteroatoms. The van der Waals surface area contributed by atoms with E-state index in [2.05, 4.69) is 24.5 Å². The minimum Gasteiger partial charge on any atom is -0.483 e. The van der Waals surface area contributed by atoms with Crippen LogP contribution in [0, 0.1) is 18.7 Å². The van der Waals surface area contributed by atoms with Gasteiger partial charge in [0.1, 0.15) is 12.2 Å². The van der Waals surface area contributed by atoms with Gasteiger partial charge in [-0.3, -0.25) is 4.90 Å². The fourth-order valence-corrected chi connectivity index (χ4v) is 5.17. The summed E-state index contributed by atoms with van der Waals surface area (Å²) in [5.74, 6) is 0.199. The van der Waals surface area contributed by atoms with Gasteiger partial charge in [-0.1, -0.05) is 24.3 Å². The van der Waals surface area contributed by atoms with E-state index < -0.39 is 12.2 Å². The number of rotatable bonds is 2. The Hall–Kier alpha value is -1.65. The standard InChI is InChI=1S/C20H24FNO2/c1-4-10-22-11-9-20-14(13(22)3)6-8-16(23)19(20)24-18-15(21)7-5-12(2)17(18)20/h4-8,13-14,16,19,23H,1,9-11H2,2-3H3/t13-,14+,16+,19+,20+/m1/s1. The third-order valence-corrected chi connectivity index (χ3v) is 6.23. The van der Waals surface area contributed by atoms with Crippen molar-refractivity contribution in [1.29, 1.82) is 0 Å². The van der Waals surface area contributed by atoms with Crippen molar-refractivity contribution in [1.82, 2.24) is 4.90 Å². The van der Waals surface area contributed by atoms with Gasteiger partial charge in [-0.25, -0.2) is 4.39 Å². The van der Waals surface area contributed by atoms with Crippen LogP contribution in [0.2, 0.25) is 0 Å². The van der Waals surface area contributed by atoms with E-state index in [0.29, 0.717) is 5.75 Å². The molecule has 2 heterocycles. The third-order valence-electron chi connectivity index (χ3n) is 6.23. The molecule has 3 aliphatic rings. The second-order valence-electron chi connectivity index (χ2n) is 7.32. The summed E-state index contributed by atoms with van der Waals surface area (Å²) in [5.41, 5.74) is 1.66. The van der Waals surface area contributed by atoms with Crippen molar-refractivity contribution in [3.63, 3.8) is 0 Å². The lowest BCUT2D eigenvalue weighted by Gasteiger charge is -2.53. The summed E-state index contributed by atoms with van der Waals surface area (Å²) < 4.78 is 20.5. The smallest absolute Gasteiger partial charge is 0.165 e. The highest BCUT2D eigenvalue weighted by atomic mass is 19.1. The van der Waals surface area contributed by atoms with Gasteiger partial charge in [0.05, 0.1) is 0 Å². The number of nitrogens with zero attached hydrogens (tertiary/aromatic N) is 1. The number of fused-ring (bicyclic) bond motifs is 1. The second kappa shape index (κ2) is 5.43. The average molecular weight is 329 g/mol. The number of benzene rings is 1. The Bertz CT molecular complexity index is 716. The van der Waals surface area contributed by atoms with E-state index in [1.165, 1.54) is 6.07 Å². The molecule has 5 atom stereocenters. The minimum atomic E-state index is -0.703. The molecule has 3 nitrogen and oxygen atoms in total. The molecule has 1 aliphatic carbocycles. The van der Waals surface area contributed by atoms with Crippen molar-refractivity contribution in [2.45, 2.75) is 43.9 Å². The Morgan fingerprint density at radius 2 is 2.25 bits per heavy atom. The first-order valence-corrected chi connectivity index (χ1v) is 8.68. The molecule has 0 saturated carbocycles. The van der Waals surface area contributed by atoms with E-state index in [9.17, 15) is 9.50 Å². The number of aliphatic hydroxyl groups is 1. The summed E-state index contributed by atoms with van der Waals surface area (Å²) in [4.78, 5) is 2.40. The van der Waals surface area contributed by atoms with Crippen LogP contribution in [0.4, 0.5) is 4.39 Å². The molecule has 0 radical (unpaired) electrons. The molecule has 2 aliphatic heterocycles. The van der Waals surface area contributed by atoms with E-state index in [-0.39, 0.29) is 23.2 Å². The molecular weight excluding hydrogens is 305 g/mol. The maximum atomic E-state index is 14.4. The molecule has 1 spiro atoms. The summed E-state index contributed by atoms with van der Waals surface area (Å²) in [7, 11) is 0. The van der Waals surface area contributed by atoms with Gasteiger partial charge in [0.2, 0.25) is 0 Å². The molecule has 0 bridgehead atoms. The van der Waals surface area contributed by atoms with Crippen molar-refractivity contribution < 1.29 is 14.2 Å². The topological polar surface area (TPSA) is 32.7 Å². The molecule has 1 N–H and O–H groups in total. The first kappa shape index (κ1) is 15.9. The zero-order chi connectivity index (χ0) is 17.1.